The molecular formula is C10H8N6S. The average Bonchev–Trinajstić information content (AvgIpc) is 3.02. The van der Waals surface area contributed by atoms with Crippen LogP contribution in [0.5, 0.6) is 0 Å². The Balaban J connectivity index is 1.84. The third kappa shape index (κ3) is 2.18. The maximum absolute atomic E-state index is 4.50. The minimum atomic E-state index is 0.670. The third-order valence-corrected chi connectivity index (χ3v) is 3.06. The molecule has 6 nitrogen and oxygen atoms in total. The highest BCUT2D eigenvalue weighted by Crippen LogP contribution is 2.20. The zero-order valence-electron chi connectivity index (χ0n) is 8.76. The Labute approximate surface area is 101 Å². The van der Waals surface area contributed by atoms with E-state index in [4.69, 9.17) is 0 Å². The van der Waals surface area contributed by atoms with Crippen LogP contribution in [0.25, 0.3) is 10.7 Å². The van der Waals surface area contributed by atoms with Crippen molar-refractivity contribution in [3.05, 3.63) is 42.3 Å². The molecule has 0 amide bonds. The SMILES string of the molecule is c1cnc(-c2nc(Cn3cnnc3)cs2)cn1. The van der Waals surface area contributed by atoms with Gasteiger partial charge in [0.25, 0.3) is 0 Å². The third-order valence-electron chi connectivity index (χ3n) is 2.15. The lowest BCUT2D eigenvalue weighted by Crippen LogP contribution is -1.96. The number of hydrogen-bond donors (Lipinski definition) is 0. The molecule has 0 N–H and O–H groups in total. The Hall–Kier alpha value is -2.15. The van der Waals surface area contributed by atoms with Gasteiger partial charge in [-0.2, -0.15) is 0 Å². The highest BCUT2D eigenvalue weighted by atomic mass is 32.1. The molecule has 0 saturated heterocycles. The smallest absolute Gasteiger partial charge is 0.143 e. The summed E-state index contributed by atoms with van der Waals surface area (Å²) in [6.07, 6.45) is 8.36. The number of thiazole rings is 1. The Bertz CT molecular complexity index is 588. The van der Waals surface area contributed by atoms with Crippen LogP contribution in [0.3, 0.4) is 0 Å². The van der Waals surface area contributed by atoms with E-state index >= 15 is 0 Å². The van der Waals surface area contributed by atoms with Gasteiger partial charge < -0.3 is 4.57 Å². The van der Waals surface area contributed by atoms with Gasteiger partial charge in [0.2, 0.25) is 0 Å². The molecule has 0 aromatic carbocycles. The first-order valence-corrected chi connectivity index (χ1v) is 5.83. The van der Waals surface area contributed by atoms with Crippen LogP contribution in [0.15, 0.2) is 36.6 Å². The quantitative estimate of drug-likeness (QED) is 0.693. The number of hydrogen-bond acceptors (Lipinski definition) is 6. The van der Waals surface area contributed by atoms with Crippen molar-refractivity contribution in [1.29, 1.82) is 0 Å². The van der Waals surface area contributed by atoms with E-state index in [0.717, 1.165) is 16.4 Å². The first-order valence-electron chi connectivity index (χ1n) is 4.95. The predicted molar refractivity (Wildman–Crippen MR) is 62.3 cm³/mol. The van der Waals surface area contributed by atoms with Crippen LogP contribution in [0.2, 0.25) is 0 Å². The van der Waals surface area contributed by atoms with Crippen molar-refractivity contribution in [3.63, 3.8) is 0 Å². The summed E-state index contributed by atoms with van der Waals surface area (Å²) in [6.45, 7) is 0.670. The summed E-state index contributed by atoms with van der Waals surface area (Å²) in [4.78, 5) is 12.7. The number of nitrogens with zero attached hydrogens (tertiary/aromatic N) is 6. The van der Waals surface area contributed by atoms with Gasteiger partial charge >= 0.3 is 0 Å². The molecule has 0 radical (unpaired) electrons. The molecule has 0 unspecified atom stereocenters. The van der Waals surface area contributed by atoms with Gasteiger partial charge in [-0.05, 0) is 0 Å². The van der Waals surface area contributed by atoms with Crippen molar-refractivity contribution in [1.82, 2.24) is 29.7 Å². The highest BCUT2D eigenvalue weighted by molar-refractivity contribution is 7.13. The van der Waals surface area contributed by atoms with E-state index in [2.05, 4.69) is 25.1 Å². The van der Waals surface area contributed by atoms with Crippen LogP contribution in [-0.2, 0) is 6.54 Å². The van der Waals surface area contributed by atoms with Gasteiger partial charge in [0.1, 0.15) is 23.4 Å². The second kappa shape index (κ2) is 4.38. The van der Waals surface area contributed by atoms with Gasteiger partial charge in [-0.25, -0.2) is 4.98 Å². The maximum Gasteiger partial charge on any atom is 0.143 e. The van der Waals surface area contributed by atoms with Gasteiger partial charge in [0.05, 0.1) is 18.4 Å². The summed E-state index contributed by atoms with van der Waals surface area (Å²) >= 11 is 1.56. The second-order valence-corrected chi connectivity index (χ2v) is 4.23. The molecule has 0 saturated carbocycles. The molecular weight excluding hydrogens is 236 g/mol. The van der Waals surface area contributed by atoms with E-state index in [1.165, 1.54) is 0 Å². The fraction of sp³-hybridized carbons (Fsp3) is 0.100. The van der Waals surface area contributed by atoms with E-state index in [0.29, 0.717) is 6.54 Å². The van der Waals surface area contributed by atoms with Gasteiger partial charge in [0, 0.05) is 17.8 Å². The van der Waals surface area contributed by atoms with E-state index in [1.54, 1.807) is 42.6 Å². The monoisotopic (exact) mass is 244 g/mol. The number of aromatic nitrogens is 6. The number of rotatable bonds is 3. The van der Waals surface area contributed by atoms with Gasteiger partial charge in [-0.1, -0.05) is 0 Å². The first kappa shape index (κ1) is 10.0. The zero-order chi connectivity index (χ0) is 11.5. The summed E-state index contributed by atoms with van der Waals surface area (Å²) in [6, 6.07) is 0. The standard InChI is InChI=1S/C10H8N6S/c1-2-12-9(3-11-1)10-15-8(5-17-10)4-16-6-13-14-7-16/h1-3,5-7H,4H2. The van der Waals surface area contributed by atoms with Crippen molar-refractivity contribution in [2.45, 2.75) is 6.54 Å². The van der Waals surface area contributed by atoms with Gasteiger partial charge in [-0.3, -0.25) is 9.97 Å². The lowest BCUT2D eigenvalue weighted by atomic mass is 10.4. The van der Waals surface area contributed by atoms with Crippen LogP contribution in [0, 0.1) is 0 Å². The molecule has 84 valence electrons. The second-order valence-electron chi connectivity index (χ2n) is 3.37. The summed E-state index contributed by atoms with van der Waals surface area (Å²) in [5.74, 6) is 0. The van der Waals surface area contributed by atoms with Crippen LogP contribution < -0.4 is 0 Å². The molecule has 0 bridgehead atoms. The van der Waals surface area contributed by atoms with E-state index < -0.39 is 0 Å². The highest BCUT2D eigenvalue weighted by Gasteiger charge is 2.06. The molecule has 3 heterocycles. The molecule has 17 heavy (non-hydrogen) atoms. The fourth-order valence-electron chi connectivity index (χ4n) is 1.40. The molecule has 0 aliphatic rings. The molecule has 0 fully saturated rings. The lowest BCUT2D eigenvalue weighted by molar-refractivity contribution is 0.776. The molecule has 3 aromatic rings. The Morgan fingerprint density at radius 1 is 1.18 bits per heavy atom. The molecule has 0 aliphatic carbocycles. The van der Waals surface area contributed by atoms with E-state index in [1.807, 2.05) is 9.95 Å². The Morgan fingerprint density at radius 3 is 2.82 bits per heavy atom. The van der Waals surface area contributed by atoms with E-state index in [-0.39, 0.29) is 0 Å². The summed E-state index contributed by atoms with van der Waals surface area (Å²) < 4.78 is 1.87. The van der Waals surface area contributed by atoms with Crippen molar-refractivity contribution in [2.75, 3.05) is 0 Å². The molecule has 3 rings (SSSR count). The van der Waals surface area contributed by atoms with Crippen molar-refractivity contribution < 1.29 is 0 Å². The minimum Gasteiger partial charge on any atom is -0.314 e. The van der Waals surface area contributed by atoms with Crippen LogP contribution in [-0.4, -0.2) is 29.7 Å². The summed E-state index contributed by atoms with van der Waals surface area (Å²) in [7, 11) is 0. The Morgan fingerprint density at radius 2 is 2.06 bits per heavy atom. The molecule has 7 heteroatoms. The van der Waals surface area contributed by atoms with Gasteiger partial charge in [-0.15, -0.1) is 21.5 Å². The van der Waals surface area contributed by atoms with Crippen LogP contribution in [0.1, 0.15) is 5.69 Å². The lowest BCUT2D eigenvalue weighted by Gasteiger charge is -1.95. The minimum absolute atomic E-state index is 0.670. The molecule has 3 aromatic heterocycles. The van der Waals surface area contributed by atoms with Crippen LogP contribution >= 0.6 is 11.3 Å². The first-order chi connectivity index (χ1) is 8.42. The maximum atomic E-state index is 4.50. The largest absolute Gasteiger partial charge is 0.314 e. The molecule has 0 atom stereocenters. The Kier molecular flexibility index (Phi) is 2.59. The van der Waals surface area contributed by atoms with Crippen molar-refractivity contribution >= 4 is 11.3 Å². The predicted octanol–water partition coefficient (Wildman–Crippen LogP) is 1.24. The zero-order valence-corrected chi connectivity index (χ0v) is 9.58. The van der Waals surface area contributed by atoms with Crippen LogP contribution in [0.4, 0.5) is 0 Å². The summed E-state index contributed by atoms with van der Waals surface area (Å²) in [5, 5.41) is 10.4. The average molecular weight is 244 g/mol. The normalized spacial score (nSPS) is 10.6. The summed E-state index contributed by atoms with van der Waals surface area (Å²) in [5.41, 5.74) is 1.77. The van der Waals surface area contributed by atoms with Gasteiger partial charge in [0.15, 0.2) is 0 Å². The molecule has 0 spiro atoms. The van der Waals surface area contributed by atoms with Crippen molar-refractivity contribution in [3.8, 4) is 10.7 Å². The van der Waals surface area contributed by atoms with E-state index in [9.17, 15) is 0 Å². The van der Waals surface area contributed by atoms with Crippen molar-refractivity contribution in [2.24, 2.45) is 0 Å². The fourth-order valence-corrected chi connectivity index (χ4v) is 2.17. The topological polar surface area (TPSA) is 69.4 Å². The molecule has 0 aliphatic heterocycles.